The van der Waals surface area contributed by atoms with Crippen molar-refractivity contribution in [1.82, 2.24) is 5.32 Å². The zero-order chi connectivity index (χ0) is 9.26. The predicted octanol–water partition coefficient (Wildman–Crippen LogP) is 1.42. The minimum Gasteiger partial charge on any atom is -0.395 e. The van der Waals surface area contributed by atoms with Gasteiger partial charge in [0, 0.05) is 12.6 Å². The smallest absolute Gasteiger partial charge is 0.0587 e. The number of aryl methyl sites for hydroxylation is 1. The van der Waals surface area contributed by atoms with Gasteiger partial charge in [-0.3, -0.25) is 0 Å². The average molecular weight is 214 g/mol. The third-order valence-corrected chi connectivity index (χ3v) is 2.63. The molecule has 0 saturated heterocycles. The molecule has 14 heavy (non-hydrogen) atoms. The number of hydrogen-bond acceptors (Lipinski definition) is 2. The van der Waals surface area contributed by atoms with Gasteiger partial charge in [0.2, 0.25) is 0 Å². The molecule has 1 heterocycles. The largest absolute Gasteiger partial charge is 0.395 e. The molecule has 0 fully saturated rings. The molecule has 2 rings (SSSR count). The standard InChI is InChI=1S/C11H15NO.ClH/c1-8-2-3-9-5-11(7-13)12-6-10(9)4-8;/h2-4,11-13H,5-7H2,1H3;1H. The SMILES string of the molecule is Cc1ccc2c(c1)CNC(CO)C2.Cl. The Labute approximate surface area is 90.7 Å². The molecular formula is C11H16ClNO. The van der Waals surface area contributed by atoms with Crippen LogP contribution in [0.25, 0.3) is 0 Å². The molecule has 0 amide bonds. The van der Waals surface area contributed by atoms with Crippen LogP contribution in [-0.4, -0.2) is 17.8 Å². The lowest BCUT2D eigenvalue weighted by molar-refractivity contribution is 0.236. The predicted molar refractivity (Wildman–Crippen MR) is 59.8 cm³/mol. The van der Waals surface area contributed by atoms with Crippen LogP contribution in [0.15, 0.2) is 18.2 Å². The Morgan fingerprint density at radius 3 is 2.93 bits per heavy atom. The highest BCUT2D eigenvalue weighted by Crippen LogP contribution is 2.17. The fourth-order valence-electron chi connectivity index (χ4n) is 1.84. The van der Waals surface area contributed by atoms with Gasteiger partial charge in [-0.15, -0.1) is 12.4 Å². The number of nitrogens with one attached hydrogen (secondary N) is 1. The van der Waals surface area contributed by atoms with E-state index in [0.717, 1.165) is 13.0 Å². The molecule has 0 radical (unpaired) electrons. The number of hydrogen-bond donors (Lipinski definition) is 2. The second kappa shape index (κ2) is 4.78. The molecule has 0 aliphatic carbocycles. The van der Waals surface area contributed by atoms with Crippen LogP contribution >= 0.6 is 12.4 Å². The molecule has 2 nitrogen and oxygen atoms in total. The first kappa shape index (κ1) is 11.5. The van der Waals surface area contributed by atoms with Crippen LogP contribution in [0.4, 0.5) is 0 Å². The summed E-state index contributed by atoms with van der Waals surface area (Å²) in [5, 5.41) is 12.3. The molecule has 0 spiro atoms. The van der Waals surface area contributed by atoms with Gasteiger partial charge in [0.1, 0.15) is 0 Å². The van der Waals surface area contributed by atoms with Crippen LogP contribution in [0.2, 0.25) is 0 Å². The Balaban J connectivity index is 0.000000980. The lowest BCUT2D eigenvalue weighted by Gasteiger charge is -2.24. The van der Waals surface area contributed by atoms with Crippen molar-refractivity contribution < 1.29 is 5.11 Å². The van der Waals surface area contributed by atoms with Crippen molar-refractivity contribution in [3.05, 3.63) is 34.9 Å². The zero-order valence-corrected chi connectivity index (χ0v) is 9.10. The zero-order valence-electron chi connectivity index (χ0n) is 8.29. The molecule has 2 N–H and O–H groups in total. The summed E-state index contributed by atoms with van der Waals surface area (Å²) in [6, 6.07) is 6.78. The molecule has 1 atom stereocenters. The van der Waals surface area contributed by atoms with Crippen LogP contribution in [0.5, 0.6) is 0 Å². The van der Waals surface area contributed by atoms with Gasteiger partial charge >= 0.3 is 0 Å². The van der Waals surface area contributed by atoms with E-state index in [0.29, 0.717) is 0 Å². The number of aliphatic hydroxyl groups excluding tert-OH is 1. The average Bonchev–Trinajstić information content (AvgIpc) is 2.17. The Bertz CT molecular complexity index is 314. The number of aliphatic hydroxyl groups is 1. The maximum Gasteiger partial charge on any atom is 0.0587 e. The van der Waals surface area contributed by atoms with E-state index >= 15 is 0 Å². The summed E-state index contributed by atoms with van der Waals surface area (Å²) in [4.78, 5) is 0. The minimum atomic E-state index is 0. The molecule has 1 aliphatic rings. The number of fused-ring (bicyclic) bond motifs is 1. The Morgan fingerprint density at radius 2 is 2.21 bits per heavy atom. The van der Waals surface area contributed by atoms with Crippen LogP contribution in [0, 0.1) is 6.92 Å². The second-order valence-corrected chi connectivity index (χ2v) is 3.74. The lowest BCUT2D eigenvalue weighted by Crippen LogP contribution is -2.38. The van der Waals surface area contributed by atoms with E-state index in [-0.39, 0.29) is 25.1 Å². The molecule has 78 valence electrons. The van der Waals surface area contributed by atoms with Crippen LogP contribution in [0.1, 0.15) is 16.7 Å². The molecule has 1 unspecified atom stereocenters. The van der Waals surface area contributed by atoms with Gasteiger partial charge in [-0.05, 0) is 24.5 Å². The highest BCUT2D eigenvalue weighted by atomic mass is 35.5. The number of halogens is 1. The van der Waals surface area contributed by atoms with Crippen molar-refractivity contribution in [1.29, 1.82) is 0 Å². The summed E-state index contributed by atoms with van der Waals surface area (Å²) in [5.41, 5.74) is 4.07. The summed E-state index contributed by atoms with van der Waals surface area (Å²) in [6.45, 7) is 3.23. The van der Waals surface area contributed by atoms with Crippen molar-refractivity contribution >= 4 is 12.4 Å². The summed E-state index contributed by atoms with van der Waals surface area (Å²) >= 11 is 0. The van der Waals surface area contributed by atoms with Gasteiger partial charge in [0.05, 0.1) is 6.61 Å². The van der Waals surface area contributed by atoms with Crippen LogP contribution < -0.4 is 5.32 Å². The molecule has 1 aliphatic heterocycles. The first-order chi connectivity index (χ1) is 6.29. The van der Waals surface area contributed by atoms with E-state index in [1.165, 1.54) is 16.7 Å². The Hall–Kier alpha value is -0.570. The van der Waals surface area contributed by atoms with E-state index in [1.54, 1.807) is 0 Å². The fraction of sp³-hybridized carbons (Fsp3) is 0.455. The molecule has 0 saturated carbocycles. The monoisotopic (exact) mass is 213 g/mol. The number of rotatable bonds is 1. The summed E-state index contributed by atoms with van der Waals surface area (Å²) < 4.78 is 0. The first-order valence-corrected chi connectivity index (χ1v) is 4.72. The van der Waals surface area contributed by atoms with E-state index in [2.05, 4.69) is 30.4 Å². The highest BCUT2D eigenvalue weighted by molar-refractivity contribution is 5.85. The molecule has 0 aromatic heterocycles. The van der Waals surface area contributed by atoms with Gasteiger partial charge < -0.3 is 10.4 Å². The van der Waals surface area contributed by atoms with Gasteiger partial charge in [-0.25, -0.2) is 0 Å². The van der Waals surface area contributed by atoms with E-state index in [1.807, 2.05) is 0 Å². The van der Waals surface area contributed by atoms with Gasteiger partial charge in [0.25, 0.3) is 0 Å². The van der Waals surface area contributed by atoms with Crippen LogP contribution in [0.3, 0.4) is 0 Å². The van der Waals surface area contributed by atoms with Gasteiger partial charge in [0.15, 0.2) is 0 Å². The van der Waals surface area contributed by atoms with Crippen molar-refractivity contribution in [3.8, 4) is 0 Å². The van der Waals surface area contributed by atoms with Gasteiger partial charge in [-0.2, -0.15) is 0 Å². The molecular weight excluding hydrogens is 198 g/mol. The third kappa shape index (κ3) is 2.27. The normalized spacial score (nSPS) is 19.7. The Kier molecular flexibility index (Phi) is 3.93. The van der Waals surface area contributed by atoms with E-state index in [9.17, 15) is 0 Å². The van der Waals surface area contributed by atoms with Crippen LogP contribution in [-0.2, 0) is 13.0 Å². The summed E-state index contributed by atoms with van der Waals surface area (Å²) in [5.74, 6) is 0. The molecule has 1 aromatic rings. The molecule has 1 aromatic carbocycles. The topological polar surface area (TPSA) is 32.3 Å². The minimum absolute atomic E-state index is 0. The molecule has 3 heteroatoms. The highest BCUT2D eigenvalue weighted by Gasteiger charge is 2.16. The van der Waals surface area contributed by atoms with Crippen molar-refractivity contribution in [2.24, 2.45) is 0 Å². The lowest BCUT2D eigenvalue weighted by atomic mass is 9.95. The summed E-state index contributed by atoms with van der Waals surface area (Å²) in [7, 11) is 0. The first-order valence-electron chi connectivity index (χ1n) is 4.72. The maximum absolute atomic E-state index is 9.01. The second-order valence-electron chi connectivity index (χ2n) is 3.74. The van der Waals surface area contributed by atoms with E-state index in [4.69, 9.17) is 5.11 Å². The fourth-order valence-corrected chi connectivity index (χ4v) is 1.84. The number of benzene rings is 1. The maximum atomic E-state index is 9.01. The third-order valence-electron chi connectivity index (χ3n) is 2.63. The quantitative estimate of drug-likeness (QED) is 0.740. The van der Waals surface area contributed by atoms with Crippen molar-refractivity contribution in [2.75, 3.05) is 6.61 Å². The summed E-state index contributed by atoms with van der Waals surface area (Å²) in [6.07, 6.45) is 0.951. The van der Waals surface area contributed by atoms with Crippen molar-refractivity contribution in [3.63, 3.8) is 0 Å². The Morgan fingerprint density at radius 1 is 1.43 bits per heavy atom. The molecule has 0 bridgehead atoms. The van der Waals surface area contributed by atoms with Crippen molar-refractivity contribution in [2.45, 2.75) is 25.9 Å². The van der Waals surface area contributed by atoms with E-state index < -0.39 is 0 Å². The van der Waals surface area contributed by atoms with Gasteiger partial charge in [-0.1, -0.05) is 23.8 Å².